The minimum Gasteiger partial charge on any atom is -0.480 e. The molecule has 1 aliphatic heterocycles. The molecule has 7 nitrogen and oxygen atoms in total. The summed E-state index contributed by atoms with van der Waals surface area (Å²) in [5.74, 6) is -1.70. The first-order valence-corrected chi connectivity index (χ1v) is 7.13. The SMILES string of the molecule is O=C(O)[C@H](CO)NC(=O)[C@@H]1CC(OCc2ccccc2)CN1. The predicted octanol–water partition coefficient (Wildman–Crippen LogP) is -0.505. The molecule has 2 rings (SSSR count). The summed E-state index contributed by atoms with van der Waals surface area (Å²) < 4.78 is 5.74. The molecule has 0 radical (unpaired) electrons. The lowest BCUT2D eigenvalue weighted by atomic mass is 10.1. The number of carbonyl (C=O) groups excluding carboxylic acids is 1. The monoisotopic (exact) mass is 308 g/mol. The van der Waals surface area contributed by atoms with Crippen LogP contribution < -0.4 is 10.6 Å². The predicted molar refractivity (Wildman–Crippen MR) is 78.1 cm³/mol. The van der Waals surface area contributed by atoms with Crippen molar-refractivity contribution in [1.29, 1.82) is 0 Å². The van der Waals surface area contributed by atoms with E-state index in [9.17, 15) is 9.59 Å². The molecule has 0 spiro atoms. The first-order valence-electron chi connectivity index (χ1n) is 7.13. The van der Waals surface area contributed by atoms with Gasteiger partial charge in [-0.15, -0.1) is 0 Å². The third-order valence-corrected chi connectivity index (χ3v) is 3.53. The molecule has 1 saturated heterocycles. The van der Waals surface area contributed by atoms with E-state index < -0.39 is 30.6 Å². The lowest BCUT2D eigenvalue weighted by Crippen LogP contribution is -2.49. The van der Waals surface area contributed by atoms with E-state index in [0.717, 1.165) is 5.56 Å². The van der Waals surface area contributed by atoms with Gasteiger partial charge in [0.2, 0.25) is 5.91 Å². The van der Waals surface area contributed by atoms with Crippen molar-refractivity contribution >= 4 is 11.9 Å². The highest BCUT2D eigenvalue weighted by molar-refractivity contribution is 5.87. The molecule has 0 aromatic heterocycles. The molecule has 1 aromatic carbocycles. The van der Waals surface area contributed by atoms with Gasteiger partial charge in [0.15, 0.2) is 0 Å². The Labute approximate surface area is 128 Å². The van der Waals surface area contributed by atoms with E-state index >= 15 is 0 Å². The van der Waals surface area contributed by atoms with Gasteiger partial charge in [0, 0.05) is 6.54 Å². The summed E-state index contributed by atoms with van der Waals surface area (Å²) in [6.45, 7) is 0.361. The third-order valence-electron chi connectivity index (χ3n) is 3.53. The average molecular weight is 308 g/mol. The van der Waals surface area contributed by atoms with Crippen LogP contribution in [0.5, 0.6) is 0 Å². The van der Waals surface area contributed by atoms with Crippen molar-refractivity contribution in [3.63, 3.8) is 0 Å². The number of hydrogen-bond donors (Lipinski definition) is 4. The fourth-order valence-electron chi connectivity index (χ4n) is 2.28. The molecule has 1 heterocycles. The second-order valence-corrected chi connectivity index (χ2v) is 5.20. The van der Waals surface area contributed by atoms with Crippen LogP contribution in [0.2, 0.25) is 0 Å². The average Bonchev–Trinajstić information content (AvgIpc) is 3.00. The van der Waals surface area contributed by atoms with Crippen molar-refractivity contribution in [2.45, 2.75) is 31.2 Å². The Hall–Kier alpha value is -1.96. The third kappa shape index (κ3) is 4.52. The van der Waals surface area contributed by atoms with E-state index in [2.05, 4.69) is 10.6 Å². The summed E-state index contributed by atoms with van der Waals surface area (Å²) >= 11 is 0. The summed E-state index contributed by atoms with van der Waals surface area (Å²) in [7, 11) is 0. The zero-order valence-corrected chi connectivity index (χ0v) is 12.1. The Morgan fingerprint density at radius 2 is 2.09 bits per heavy atom. The number of hydrogen-bond acceptors (Lipinski definition) is 5. The van der Waals surface area contributed by atoms with E-state index in [-0.39, 0.29) is 6.10 Å². The number of carbonyl (C=O) groups is 2. The maximum Gasteiger partial charge on any atom is 0.328 e. The smallest absolute Gasteiger partial charge is 0.328 e. The summed E-state index contributed by atoms with van der Waals surface area (Å²) in [6, 6.07) is 7.94. The Kier molecular flexibility index (Phi) is 5.88. The molecule has 0 aliphatic carbocycles. The van der Waals surface area contributed by atoms with Crippen molar-refractivity contribution in [3.8, 4) is 0 Å². The van der Waals surface area contributed by atoms with Crippen LogP contribution in [0, 0.1) is 0 Å². The Morgan fingerprint density at radius 1 is 1.36 bits per heavy atom. The summed E-state index contributed by atoms with van der Waals surface area (Å²) in [4.78, 5) is 22.7. The zero-order chi connectivity index (χ0) is 15.9. The second-order valence-electron chi connectivity index (χ2n) is 5.20. The molecule has 120 valence electrons. The quantitative estimate of drug-likeness (QED) is 0.541. The fourth-order valence-corrected chi connectivity index (χ4v) is 2.28. The van der Waals surface area contributed by atoms with Gasteiger partial charge in [-0.2, -0.15) is 0 Å². The number of carboxylic acid groups (broad SMARTS) is 1. The second kappa shape index (κ2) is 7.88. The minimum absolute atomic E-state index is 0.103. The molecular weight excluding hydrogens is 288 g/mol. The van der Waals surface area contributed by atoms with Crippen LogP contribution in [0.15, 0.2) is 30.3 Å². The number of ether oxygens (including phenoxy) is 1. The van der Waals surface area contributed by atoms with Gasteiger partial charge in [-0.25, -0.2) is 4.79 Å². The maximum atomic E-state index is 11.9. The minimum atomic E-state index is -1.28. The molecule has 7 heteroatoms. The van der Waals surface area contributed by atoms with Gasteiger partial charge in [-0.3, -0.25) is 4.79 Å². The van der Waals surface area contributed by atoms with Crippen LogP contribution in [0.1, 0.15) is 12.0 Å². The van der Waals surface area contributed by atoms with Crippen LogP contribution >= 0.6 is 0 Å². The molecule has 4 N–H and O–H groups in total. The number of aliphatic hydroxyl groups is 1. The van der Waals surface area contributed by atoms with Gasteiger partial charge in [-0.1, -0.05) is 30.3 Å². The molecule has 1 amide bonds. The van der Waals surface area contributed by atoms with Crippen molar-refractivity contribution < 1.29 is 24.5 Å². The summed E-state index contributed by atoms with van der Waals surface area (Å²) in [5, 5.41) is 23.0. The van der Waals surface area contributed by atoms with Gasteiger partial charge < -0.3 is 25.6 Å². The first kappa shape index (κ1) is 16.4. The van der Waals surface area contributed by atoms with E-state index in [1.165, 1.54) is 0 Å². The summed E-state index contributed by atoms with van der Waals surface area (Å²) in [6.07, 6.45) is 0.365. The van der Waals surface area contributed by atoms with Gasteiger partial charge in [0.25, 0.3) is 0 Å². The Bertz CT molecular complexity index is 508. The highest BCUT2D eigenvalue weighted by Crippen LogP contribution is 2.13. The molecule has 0 saturated carbocycles. The number of aliphatic hydroxyl groups excluding tert-OH is 1. The number of nitrogens with one attached hydrogen (secondary N) is 2. The van der Waals surface area contributed by atoms with E-state index in [0.29, 0.717) is 19.6 Å². The topological polar surface area (TPSA) is 108 Å². The highest BCUT2D eigenvalue weighted by atomic mass is 16.5. The molecule has 3 atom stereocenters. The molecule has 1 fully saturated rings. The normalized spacial score (nSPS) is 22.2. The van der Waals surface area contributed by atoms with Crippen molar-refractivity contribution in [3.05, 3.63) is 35.9 Å². The molecule has 0 bridgehead atoms. The molecule has 1 aliphatic rings. The molecule has 22 heavy (non-hydrogen) atoms. The Morgan fingerprint density at radius 3 is 2.73 bits per heavy atom. The number of rotatable bonds is 7. The largest absolute Gasteiger partial charge is 0.480 e. The molecule has 1 unspecified atom stereocenters. The lowest BCUT2D eigenvalue weighted by Gasteiger charge is -2.15. The molecule has 1 aromatic rings. The van der Waals surface area contributed by atoms with Crippen molar-refractivity contribution in [2.75, 3.05) is 13.2 Å². The van der Waals surface area contributed by atoms with E-state index in [1.54, 1.807) is 0 Å². The number of carboxylic acids is 1. The standard InChI is InChI=1S/C15H20N2O5/c18-8-13(15(20)21)17-14(19)12-6-11(7-16-12)22-9-10-4-2-1-3-5-10/h1-5,11-13,16,18H,6-9H2,(H,17,19)(H,20,21)/t11?,12-,13-/m0/s1. The highest BCUT2D eigenvalue weighted by Gasteiger charge is 2.32. The van der Waals surface area contributed by atoms with Crippen LogP contribution in [0.3, 0.4) is 0 Å². The van der Waals surface area contributed by atoms with Gasteiger partial charge in [0.1, 0.15) is 6.04 Å². The van der Waals surface area contributed by atoms with E-state index in [1.807, 2.05) is 30.3 Å². The Balaban J connectivity index is 1.77. The number of amides is 1. The van der Waals surface area contributed by atoms with Crippen LogP contribution in [0.4, 0.5) is 0 Å². The van der Waals surface area contributed by atoms with Crippen LogP contribution in [-0.2, 0) is 20.9 Å². The zero-order valence-electron chi connectivity index (χ0n) is 12.1. The van der Waals surface area contributed by atoms with Crippen molar-refractivity contribution in [2.24, 2.45) is 0 Å². The van der Waals surface area contributed by atoms with Crippen LogP contribution in [0.25, 0.3) is 0 Å². The fraction of sp³-hybridized carbons (Fsp3) is 0.467. The number of aliphatic carboxylic acids is 1. The van der Waals surface area contributed by atoms with Gasteiger partial charge in [-0.05, 0) is 12.0 Å². The van der Waals surface area contributed by atoms with E-state index in [4.69, 9.17) is 14.9 Å². The van der Waals surface area contributed by atoms with Gasteiger partial charge >= 0.3 is 5.97 Å². The lowest BCUT2D eigenvalue weighted by molar-refractivity contribution is -0.143. The molecular formula is C15H20N2O5. The van der Waals surface area contributed by atoms with Crippen molar-refractivity contribution in [1.82, 2.24) is 10.6 Å². The van der Waals surface area contributed by atoms with Crippen LogP contribution in [-0.4, -0.2) is 53.4 Å². The summed E-state index contributed by atoms with van der Waals surface area (Å²) in [5.41, 5.74) is 1.06. The number of benzene rings is 1. The van der Waals surface area contributed by atoms with Gasteiger partial charge in [0.05, 0.1) is 25.4 Å². The first-order chi connectivity index (χ1) is 10.6. The maximum absolute atomic E-state index is 11.9.